The minimum absolute atomic E-state index is 0.0967. The molecule has 18 heavy (non-hydrogen) atoms. The Hall–Kier alpha value is -1.49. The second-order valence-electron chi connectivity index (χ2n) is 5.06. The molecule has 2 aliphatic rings. The number of hydrogen-bond donors (Lipinski definition) is 1. The van der Waals surface area contributed by atoms with Gasteiger partial charge in [-0.15, -0.1) is 0 Å². The van der Waals surface area contributed by atoms with E-state index < -0.39 is 0 Å². The zero-order valence-corrected chi connectivity index (χ0v) is 10.4. The first kappa shape index (κ1) is 11.6. The molecule has 2 fully saturated rings. The molecule has 2 aliphatic heterocycles. The molecule has 1 amide bonds. The van der Waals surface area contributed by atoms with Crippen molar-refractivity contribution in [2.24, 2.45) is 0 Å². The van der Waals surface area contributed by atoms with Gasteiger partial charge in [-0.1, -0.05) is 6.42 Å². The molecule has 5 nitrogen and oxygen atoms in total. The first-order valence-electron chi connectivity index (χ1n) is 6.65. The summed E-state index contributed by atoms with van der Waals surface area (Å²) in [5.41, 5.74) is 0.409. The molecule has 5 heteroatoms. The number of amides is 1. The lowest BCUT2D eigenvalue weighted by atomic mass is 9.99. The fourth-order valence-corrected chi connectivity index (χ4v) is 3.07. The first-order valence-corrected chi connectivity index (χ1v) is 6.65. The summed E-state index contributed by atoms with van der Waals surface area (Å²) in [4.78, 5) is 22.5. The summed E-state index contributed by atoms with van der Waals surface area (Å²) >= 11 is 0. The number of fused-ring (bicyclic) bond motifs is 1. The monoisotopic (exact) mass is 246 g/mol. The molecule has 0 aliphatic carbocycles. The third kappa shape index (κ3) is 2.22. The highest BCUT2D eigenvalue weighted by Gasteiger charge is 2.36. The largest absolute Gasteiger partial charge is 0.346 e. The summed E-state index contributed by atoms with van der Waals surface area (Å²) in [6, 6.07) is 0.805. The molecule has 0 radical (unpaired) electrons. The summed E-state index contributed by atoms with van der Waals surface area (Å²) in [6.45, 7) is 2.29. The van der Waals surface area contributed by atoms with Gasteiger partial charge in [-0.3, -0.25) is 14.7 Å². The number of carbonyl (C=O) groups is 1. The van der Waals surface area contributed by atoms with Crippen LogP contribution in [0.4, 0.5) is 0 Å². The Morgan fingerprint density at radius 1 is 1.28 bits per heavy atom. The van der Waals surface area contributed by atoms with Crippen LogP contribution in [0, 0.1) is 0 Å². The zero-order chi connectivity index (χ0) is 12.4. The van der Waals surface area contributed by atoms with Gasteiger partial charge in [-0.2, -0.15) is 0 Å². The van der Waals surface area contributed by atoms with E-state index in [-0.39, 0.29) is 11.9 Å². The Morgan fingerprint density at radius 3 is 3.06 bits per heavy atom. The maximum absolute atomic E-state index is 12.0. The minimum Gasteiger partial charge on any atom is -0.346 e. The fourth-order valence-electron chi connectivity index (χ4n) is 3.07. The molecule has 0 unspecified atom stereocenters. The second kappa shape index (κ2) is 5.02. The number of nitrogens with zero attached hydrogens (tertiary/aromatic N) is 3. The van der Waals surface area contributed by atoms with Crippen molar-refractivity contribution in [2.45, 2.75) is 37.8 Å². The van der Waals surface area contributed by atoms with Crippen LogP contribution in [0.5, 0.6) is 0 Å². The molecule has 1 aromatic rings. The average molecular weight is 246 g/mol. The van der Waals surface area contributed by atoms with E-state index in [1.165, 1.54) is 32.0 Å². The third-order valence-corrected chi connectivity index (χ3v) is 3.97. The van der Waals surface area contributed by atoms with Gasteiger partial charge in [0.1, 0.15) is 5.69 Å². The van der Waals surface area contributed by atoms with Gasteiger partial charge in [-0.25, -0.2) is 4.98 Å². The lowest BCUT2D eigenvalue weighted by Gasteiger charge is -2.32. The molecule has 2 atom stereocenters. The standard InChI is InChI=1S/C13H18N4O/c18-13(11-9-14-5-6-15-11)16-10-4-8-17-7-2-1-3-12(10)17/h5-6,9-10,12H,1-4,7-8H2,(H,16,18)/t10-,12-/m0/s1. The van der Waals surface area contributed by atoms with Crippen molar-refractivity contribution in [3.63, 3.8) is 0 Å². The van der Waals surface area contributed by atoms with E-state index in [1.54, 1.807) is 12.4 Å². The summed E-state index contributed by atoms with van der Waals surface area (Å²) in [5.74, 6) is -0.0967. The predicted octanol–water partition coefficient (Wildman–Crippen LogP) is 0.833. The van der Waals surface area contributed by atoms with Crippen LogP contribution in [0.3, 0.4) is 0 Å². The lowest BCUT2D eigenvalue weighted by molar-refractivity contribution is 0.0910. The Kier molecular flexibility index (Phi) is 3.23. The maximum Gasteiger partial charge on any atom is 0.271 e. The van der Waals surface area contributed by atoms with E-state index in [2.05, 4.69) is 20.2 Å². The highest BCUT2D eigenvalue weighted by atomic mass is 16.2. The molecule has 0 bridgehead atoms. The highest BCUT2D eigenvalue weighted by molar-refractivity contribution is 5.92. The van der Waals surface area contributed by atoms with Gasteiger partial charge in [0.25, 0.3) is 5.91 Å². The molecule has 0 spiro atoms. The summed E-state index contributed by atoms with van der Waals surface area (Å²) in [7, 11) is 0. The van der Waals surface area contributed by atoms with Crippen LogP contribution < -0.4 is 5.32 Å². The van der Waals surface area contributed by atoms with Gasteiger partial charge in [0.05, 0.1) is 6.20 Å². The Balaban J connectivity index is 1.65. The minimum atomic E-state index is -0.0967. The summed E-state index contributed by atoms with van der Waals surface area (Å²) < 4.78 is 0. The molecule has 1 aromatic heterocycles. The first-order chi connectivity index (χ1) is 8.84. The van der Waals surface area contributed by atoms with E-state index in [0.717, 1.165) is 13.0 Å². The predicted molar refractivity (Wildman–Crippen MR) is 67.1 cm³/mol. The molecule has 2 saturated heterocycles. The van der Waals surface area contributed by atoms with Gasteiger partial charge in [0.15, 0.2) is 0 Å². The molecule has 1 N–H and O–H groups in total. The van der Waals surface area contributed by atoms with Gasteiger partial charge < -0.3 is 5.32 Å². The lowest BCUT2D eigenvalue weighted by Crippen LogP contribution is -2.46. The van der Waals surface area contributed by atoms with Crippen LogP contribution in [0.25, 0.3) is 0 Å². The topological polar surface area (TPSA) is 58.1 Å². The smallest absolute Gasteiger partial charge is 0.271 e. The van der Waals surface area contributed by atoms with Crippen LogP contribution in [0.15, 0.2) is 18.6 Å². The molecule has 0 aromatic carbocycles. The van der Waals surface area contributed by atoms with Crippen LogP contribution in [-0.4, -0.2) is 45.9 Å². The van der Waals surface area contributed by atoms with Crippen molar-refractivity contribution in [1.29, 1.82) is 0 Å². The van der Waals surface area contributed by atoms with Crippen molar-refractivity contribution in [3.05, 3.63) is 24.3 Å². The fraction of sp³-hybridized carbons (Fsp3) is 0.615. The van der Waals surface area contributed by atoms with Gasteiger partial charge >= 0.3 is 0 Å². The van der Waals surface area contributed by atoms with E-state index in [9.17, 15) is 4.79 Å². The van der Waals surface area contributed by atoms with E-state index in [4.69, 9.17) is 0 Å². The summed E-state index contributed by atoms with van der Waals surface area (Å²) in [5, 5.41) is 3.11. The molecular formula is C13H18N4O. The number of carbonyl (C=O) groups excluding carboxylic acids is 1. The number of rotatable bonds is 2. The van der Waals surface area contributed by atoms with Crippen LogP contribution in [0.1, 0.15) is 36.2 Å². The molecule has 3 rings (SSSR count). The normalized spacial score (nSPS) is 27.8. The van der Waals surface area contributed by atoms with Crippen molar-refractivity contribution in [3.8, 4) is 0 Å². The van der Waals surface area contributed by atoms with E-state index >= 15 is 0 Å². The highest BCUT2D eigenvalue weighted by Crippen LogP contribution is 2.27. The summed E-state index contributed by atoms with van der Waals surface area (Å²) in [6.07, 6.45) is 9.47. The molecular weight excluding hydrogens is 228 g/mol. The van der Waals surface area contributed by atoms with Gasteiger partial charge in [-0.05, 0) is 25.8 Å². The van der Waals surface area contributed by atoms with E-state index in [1.807, 2.05) is 0 Å². The molecule has 96 valence electrons. The number of nitrogens with one attached hydrogen (secondary N) is 1. The second-order valence-corrected chi connectivity index (χ2v) is 5.06. The van der Waals surface area contributed by atoms with Crippen molar-refractivity contribution >= 4 is 5.91 Å². The maximum atomic E-state index is 12.0. The number of aromatic nitrogens is 2. The number of piperidine rings is 1. The molecule has 0 saturated carbocycles. The van der Waals surface area contributed by atoms with E-state index in [0.29, 0.717) is 11.7 Å². The van der Waals surface area contributed by atoms with Crippen molar-refractivity contribution in [2.75, 3.05) is 13.1 Å². The number of hydrogen-bond acceptors (Lipinski definition) is 4. The van der Waals surface area contributed by atoms with Crippen LogP contribution >= 0.6 is 0 Å². The van der Waals surface area contributed by atoms with Crippen LogP contribution in [0.2, 0.25) is 0 Å². The Bertz CT molecular complexity index is 422. The Morgan fingerprint density at radius 2 is 2.22 bits per heavy atom. The van der Waals surface area contributed by atoms with Gasteiger partial charge in [0, 0.05) is 31.0 Å². The molecule has 3 heterocycles. The average Bonchev–Trinajstić information content (AvgIpc) is 2.83. The Labute approximate surface area is 107 Å². The van der Waals surface area contributed by atoms with Crippen molar-refractivity contribution < 1.29 is 4.79 Å². The van der Waals surface area contributed by atoms with Crippen LogP contribution in [-0.2, 0) is 0 Å². The zero-order valence-electron chi connectivity index (χ0n) is 10.4. The third-order valence-electron chi connectivity index (χ3n) is 3.97. The quantitative estimate of drug-likeness (QED) is 0.840. The van der Waals surface area contributed by atoms with Gasteiger partial charge in [0.2, 0.25) is 0 Å². The van der Waals surface area contributed by atoms with Crippen molar-refractivity contribution in [1.82, 2.24) is 20.2 Å². The SMILES string of the molecule is O=C(N[C@H]1CCN2CCCC[C@@H]12)c1cnccn1.